The molecule has 4 aromatic rings. The molecule has 2 nitrogen and oxygen atoms in total. The number of benzene rings is 2. The van der Waals surface area contributed by atoms with Gasteiger partial charge in [-0.05, 0) is 44.0 Å². The number of para-hydroxylation sites is 1. The molecule has 0 aliphatic carbocycles. The first-order valence-electron chi connectivity index (χ1n) is 8.91. The van der Waals surface area contributed by atoms with E-state index in [1.807, 2.05) is 6.07 Å². The lowest BCUT2D eigenvalue weighted by Crippen LogP contribution is -1.90. The average molecular weight is 329 g/mol. The zero-order chi connectivity index (χ0) is 17.6. The number of aromatic nitrogens is 1. The van der Waals surface area contributed by atoms with E-state index < -0.39 is 0 Å². The quantitative estimate of drug-likeness (QED) is 0.431. The van der Waals surface area contributed by atoms with Gasteiger partial charge in [-0.3, -0.25) is 0 Å². The van der Waals surface area contributed by atoms with Gasteiger partial charge < -0.3 is 4.42 Å². The molecule has 2 heterocycles. The van der Waals surface area contributed by atoms with E-state index in [0.29, 0.717) is 5.92 Å². The van der Waals surface area contributed by atoms with E-state index in [9.17, 15) is 0 Å². The smallest absolute Gasteiger partial charge is 0.161 e. The highest BCUT2D eigenvalue weighted by atomic mass is 16.3. The van der Waals surface area contributed by atoms with Crippen LogP contribution in [0.25, 0.3) is 33.1 Å². The molecular formula is C23H23NO. The molecule has 2 aromatic heterocycles. The van der Waals surface area contributed by atoms with Crippen molar-refractivity contribution in [3.8, 4) is 11.3 Å². The first-order valence-corrected chi connectivity index (χ1v) is 8.91. The van der Waals surface area contributed by atoms with Crippen molar-refractivity contribution in [2.24, 2.45) is 5.92 Å². The van der Waals surface area contributed by atoms with Gasteiger partial charge in [-0.2, -0.15) is 0 Å². The maximum atomic E-state index is 6.29. The summed E-state index contributed by atoms with van der Waals surface area (Å²) < 4.78 is 6.29. The van der Waals surface area contributed by atoms with Crippen molar-refractivity contribution >= 4 is 21.9 Å². The van der Waals surface area contributed by atoms with E-state index in [2.05, 4.69) is 70.2 Å². The Labute approximate surface area is 148 Å². The van der Waals surface area contributed by atoms with Crippen molar-refractivity contribution in [3.05, 3.63) is 65.4 Å². The molecule has 25 heavy (non-hydrogen) atoms. The van der Waals surface area contributed by atoms with Crippen LogP contribution in [0.15, 0.2) is 52.9 Å². The summed E-state index contributed by atoms with van der Waals surface area (Å²) in [4.78, 5) is 4.95. The van der Waals surface area contributed by atoms with Crippen molar-refractivity contribution in [3.63, 3.8) is 0 Å². The molecule has 0 aliphatic rings. The molecule has 0 amide bonds. The summed E-state index contributed by atoms with van der Waals surface area (Å²) in [6, 6.07) is 17.1. The van der Waals surface area contributed by atoms with Gasteiger partial charge in [0.1, 0.15) is 11.5 Å². The second-order valence-electron chi connectivity index (χ2n) is 7.41. The Morgan fingerprint density at radius 3 is 2.36 bits per heavy atom. The zero-order valence-corrected chi connectivity index (χ0v) is 15.3. The fraction of sp³-hybridized carbons (Fsp3) is 0.261. The zero-order valence-electron chi connectivity index (χ0n) is 15.3. The number of rotatable bonds is 3. The minimum absolute atomic E-state index is 0.560. The van der Waals surface area contributed by atoms with E-state index in [-0.39, 0.29) is 0 Å². The Bertz CT molecular complexity index is 1050. The fourth-order valence-electron chi connectivity index (χ4n) is 3.60. The van der Waals surface area contributed by atoms with Crippen molar-refractivity contribution in [2.75, 3.05) is 0 Å². The van der Waals surface area contributed by atoms with Crippen LogP contribution in [0.5, 0.6) is 0 Å². The van der Waals surface area contributed by atoms with E-state index in [0.717, 1.165) is 45.3 Å². The van der Waals surface area contributed by atoms with E-state index in [1.54, 1.807) is 0 Å². The lowest BCUT2D eigenvalue weighted by molar-refractivity contribution is 0.500. The highest BCUT2D eigenvalue weighted by Crippen LogP contribution is 2.35. The molecule has 4 rings (SSSR count). The van der Waals surface area contributed by atoms with Gasteiger partial charge >= 0.3 is 0 Å². The number of aryl methyl sites for hydroxylation is 2. The molecule has 0 saturated carbocycles. The van der Waals surface area contributed by atoms with E-state index in [4.69, 9.17) is 9.40 Å². The maximum Gasteiger partial charge on any atom is 0.161 e. The van der Waals surface area contributed by atoms with Crippen molar-refractivity contribution in [1.82, 2.24) is 4.98 Å². The van der Waals surface area contributed by atoms with Crippen LogP contribution in [0, 0.1) is 19.8 Å². The lowest BCUT2D eigenvalue weighted by atomic mass is 10.0. The molecule has 0 unspecified atom stereocenters. The average Bonchev–Trinajstić information content (AvgIpc) is 2.96. The highest BCUT2D eigenvalue weighted by molar-refractivity contribution is 6.08. The standard InChI is InChI=1S/C23H23NO/c1-14(2)9-18-13-20-19-7-5-6-8-21(19)24-22(23(20)25-18)17-11-15(3)10-16(4)12-17/h5-8,10-14H,9H2,1-4H3. The first kappa shape index (κ1) is 15.9. The van der Waals surface area contributed by atoms with Gasteiger partial charge in [0.15, 0.2) is 5.58 Å². The first-order chi connectivity index (χ1) is 12.0. The monoisotopic (exact) mass is 329 g/mol. The van der Waals surface area contributed by atoms with Crippen LogP contribution in [0.1, 0.15) is 30.7 Å². The Hall–Kier alpha value is -2.61. The molecule has 126 valence electrons. The second kappa shape index (κ2) is 6.03. The minimum atomic E-state index is 0.560. The number of hydrogen-bond donors (Lipinski definition) is 0. The summed E-state index contributed by atoms with van der Waals surface area (Å²) in [7, 11) is 0. The molecule has 2 aromatic carbocycles. The molecule has 0 atom stereocenters. The SMILES string of the molecule is Cc1cc(C)cc(-c2nc3ccccc3c3cc(CC(C)C)oc23)c1. The van der Waals surface area contributed by atoms with Gasteiger partial charge in [0.2, 0.25) is 0 Å². The minimum Gasteiger partial charge on any atom is -0.459 e. The van der Waals surface area contributed by atoms with Crippen molar-refractivity contribution in [2.45, 2.75) is 34.1 Å². The largest absolute Gasteiger partial charge is 0.459 e. The van der Waals surface area contributed by atoms with Crippen molar-refractivity contribution < 1.29 is 4.42 Å². The lowest BCUT2D eigenvalue weighted by Gasteiger charge is -2.08. The fourth-order valence-corrected chi connectivity index (χ4v) is 3.60. The third-order valence-corrected chi connectivity index (χ3v) is 4.53. The second-order valence-corrected chi connectivity index (χ2v) is 7.41. The summed E-state index contributed by atoms with van der Waals surface area (Å²) in [5, 5.41) is 2.32. The highest BCUT2D eigenvalue weighted by Gasteiger charge is 2.16. The number of hydrogen-bond acceptors (Lipinski definition) is 2. The molecular weight excluding hydrogens is 306 g/mol. The molecule has 0 fully saturated rings. The number of nitrogens with zero attached hydrogens (tertiary/aromatic N) is 1. The van der Waals surface area contributed by atoms with Crippen LogP contribution in [0.2, 0.25) is 0 Å². The molecule has 0 aliphatic heterocycles. The normalized spacial score (nSPS) is 11.7. The van der Waals surface area contributed by atoms with Gasteiger partial charge in [0.05, 0.1) is 5.52 Å². The van der Waals surface area contributed by atoms with Crippen LogP contribution in [-0.4, -0.2) is 4.98 Å². The molecule has 2 heteroatoms. The number of furan rings is 1. The Morgan fingerprint density at radius 2 is 1.64 bits per heavy atom. The van der Waals surface area contributed by atoms with Crippen LogP contribution >= 0.6 is 0 Å². The number of fused-ring (bicyclic) bond motifs is 3. The predicted octanol–water partition coefficient (Wildman–Crippen LogP) is 6.46. The molecule has 0 N–H and O–H groups in total. The van der Waals surface area contributed by atoms with Crippen LogP contribution in [-0.2, 0) is 6.42 Å². The Morgan fingerprint density at radius 1 is 0.920 bits per heavy atom. The van der Waals surface area contributed by atoms with Crippen LogP contribution < -0.4 is 0 Å². The molecule has 0 radical (unpaired) electrons. The Balaban J connectivity index is 2.05. The van der Waals surface area contributed by atoms with Gasteiger partial charge in [0.25, 0.3) is 0 Å². The summed E-state index contributed by atoms with van der Waals surface area (Å²) in [6.07, 6.45) is 0.940. The van der Waals surface area contributed by atoms with E-state index >= 15 is 0 Å². The topological polar surface area (TPSA) is 26.0 Å². The Kier molecular flexibility index (Phi) is 3.84. The summed E-state index contributed by atoms with van der Waals surface area (Å²) in [6.45, 7) is 8.69. The van der Waals surface area contributed by atoms with Gasteiger partial charge in [-0.1, -0.05) is 49.2 Å². The van der Waals surface area contributed by atoms with Crippen LogP contribution in [0.3, 0.4) is 0 Å². The predicted molar refractivity (Wildman–Crippen MR) is 105 cm³/mol. The summed E-state index contributed by atoms with van der Waals surface area (Å²) in [5.41, 5.74) is 6.47. The molecule has 0 bridgehead atoms. The van der Waals surface area contributed by atoms with Gasteiger partial charge in [-0.15, -0.1) is 0 Å². The van der Waals surface area contributed by atoms with Gasteiger partial charge in [0, 0.05) is 22.8 Å². The summed E-state index contributed by atoms with van der Waals surface area (Å²) >= 11 is 0. The number of pyridine rings is 1. The molecule has 0 saturated heterocycles. The van der Waals surface area contributed by atoms with Gasteiger partial charge in [-0.25, -0.2) is 4.98 Å². The molecule has 0 spiro atoms. The maximum absolute atomic E-state index is 6.29. The third-order valence-electron chi connectivity index (χ3n) is 4.53. The third kappa shape index (κ3) is 2.93. The summed E-state index contributed by atoms with van der Waals surface area (Å²) in [5.74, 6) is 1.60. The van der Waals surface area contributed by atoms with Crippen molar-refractivity contribution in [1.29, 1.82) is 0 Å². The van der Waals surface area contributed by atoms with Crippen LogP contribution in [0.4, 0.5) is 0 Å². The van der Waals surface area contributed by atoms with E-state index in [1.165, 1.54) is 11.1 Å².